The van der Waals surface area contributed by atoms with E-state index in [4.69, 9.17) is 11.6 Å². The molecule has 3 aromatic carbocycles. The van der Waals surface area contributed by atoms with E-state index in [2.05, 4.69) is 5.32 Å². The summed E-state index contributed by atoms with van der Waals surface area (Å²) in [6.07, 6.45) is 5.54. The van der Waals surface area contributed by atoms with Crippen molar-refractivity contribution < 1.29 is 18.0 Å². The van der Waals surface area contributed by atoms with Crippen LogP contribution in [0.15, 0.2) is 89.8 Å². The molecule has 1 fully saturated rings. The second-order valence-electron chi connectivity index (χ2n) is 10.1. The molecule has 7 nitrogen and oxygen atoms in total. The number of benzene rings is 3. The molecule has 1 aliphatic carbocycles. The number of sulfonamides is 1. The number of hydrogen-bond acceptors (Lipinski definition) is 4. The molecule has 3 aromatic rings. The predicted octanol–water partition coefficient (Wildman–Crippen LogP) is 5.79. The number of nitrogens with one attached hydrogen (secondary N) is 1. The Balaban J connectivity index is 1.68. The molecule has 0 unspecified atom stereocenters. The van der Waals surface area contributed by atoms with E-state index in [-0.39, 0.29) is 29.1 Å². The standard InChI is InChI=1S/C31H36ClN3O4S/c1-2-29(31(37)33-26-16-8-4-9-17-26)34(22-24-13-6-3-7-14-24)30(36)23-35(27-18-12-15-25(32)21-27)40(38,39)28-19-10-5-11-20-28/h3,5-7,10-15,18-21,26,29H,2,4,8-9,16-17,22-23H2,1H3,(H,33,37)/t29-/m0/s1. The fourth-order valence-corrected chi connectivity index (χ4v) is 6.74. The summed E-state index contributed by atoms with van der Waals surface area (Å²) in [6.45, 7) is 1.55. The van der Waals surface area contributed by atoms with E-state index in [1.165, 1.54) is 23.1 Å². The molecular weight excluding hydrogens is 546 g/mol. The van der Waals surface area contributed by atoms with Gasteiger partial charge in [0.05, 0.1) is 10.6 Å². The van der Waals surface area contributed by atoms with Crippen molar-refractivity contribution in [1.29, 1.82) is 0 Å². The number of amides is 2. The summed E-state index contributed by atoms with van der Waals surface area (Å²) in [5, 5.41) is 3.50. The molecule has 0 aliphatic heterocycles. The number of hydrogen-bond donors (Lipinski definition) is 1. The molecule has 40 heavy (non-hydrogen) atoms. The highest BCUT2D eigenvalue weighted by atomic mass is 35.5. The summed E-state index contributed by atoms with van der Waals surface area (Å²) in [5.74, 6) is -0.687. The van der Waals surface area contributed by atoms with Gasteiger partial charge in [-0.15, -0.1) is 0 Å². The van der Waals surface area contributed by atoms with Crippen molar-refractivity contribution in [2.45, 2.75) is 69.0 Å². The number of carbonyl (C=O) groups excluding carboxylic acids is 2. The molecule has 212 valence electrons. The summed E-state index contributed by atoms with van der Waals surface area (Å²) in [6, 6.07) is 23.1. The number of anilines is 1. The first-order valence-electron chi connectivity index (χ1n) is 13.8. The maximum absolute atomic E-state index is 14.1. The quantitative estimate of drug-likeness (QED) is 0.310. The summed E-state index contributed by atoms with van der Waals surface area (Å²) < 4.78 is 28.7. The molecule has 0 radical (unpaired) electrons. The van der Waals surface area contributed by atoms with Crippen molar-refractivity contribution in [2.75, 3.05) is 10.8 Å². The molecule has 0 bridgehead atoms. The van der Waals surface area contributed by atoms with Crippen molar-refractivity contribution in [3.8, 4) is 0 Å². The number of nitrogens with zero attached hydrogens (tertiary/aromatic N) is 2. The number of carbonyl (C=O) groups is 2. The zero-order valence-corrected chi connectivity index (χ0v) is 24.3. The van der Waals surface area contributed by atoms with Gasteiger partial charge in [0.15, 0.2) is 0 Å². The lowest BCUT2D eigenvalue weighted by Gasteiger charge is -2.34. The van der Waals surface area contributed by atoms with Crippen LogP contribution >= 0.6 is 11.6 Å². The van der Waals surface area contributed by atoms with Gasteiger partial charge in [0.25, 0.3) is 10.0 Å². The molecule has 1 aliphatic rings. The van der Waals surface area contributed by atoms with Crippen molar-refractivity contribution >= 4 is 39.1 Å². The minimum absolute atomic E-state index is 0.0551. The van der Waals surface area contributed by atoms with Gasteiger partial charge >= 0.3 is 0 Å². The molecule has 0 spiro atoms. The predicted molar refractivity (Wildman–Crippen MR) is 159 cm³/mol. The third kappa shape index (κ3) is 7.43. The third-order valence-corrected chi connectivity index (χ3v) is 9.26. The summed E-state index contributed by atoms with van der Waals surface area (Å²) >= 11 is 6.23. The molecule has 2 amide bonds. The van der Waals surface area contributed by atoms with E-state index in [1.54, 1.807) is 36.4 Å². The van der Waals surface area contributed by atoms with Gasteiger partial charge in [0.1, 0.15) is 12.6 Å². The summed E-state index contributed by atoms with van der Waals surface area (Å²) in [5.41, 5.74) is 1.11. The average Bonchev–Trinajstić information content (AvgIpc) is 2.97. The van der Waals surface area contributed by atoms with E-state index in [9.17, 15) is 18.0 Å². The molecule has 0 saturated heterocycles. The molecule has 1 atom stereocenters. The fourth-order valence-electron chi connectivity index (χ4n) is 5.12. The summed E-state index contributed by atoms with van der Waals surface area (Å²) in [7, 11) is -4.12. The highest BCUT2D eigenvalue weighted by molar-refractivity contribution is 7.92. The van der Waals surface area contributed by atoms with E-state index >= 15 is 0 Å². The molecule has 1 saturated carbocycles. The van der Waals surface area contributed by atoms with Gasteiger partial charge < -0.3 is 10.2 Å². The van der Waals surface area contributed by atoms with Gasteiger partial charge in [-0.3, -0.25) is 13.9 Å². The van der Waals surface area contributed by atoms with Gasteiger partial charge in [-0.2, -0.15) is 0 Å². The Hall–Kier alpha value is -3.36. The first-order valence-corrected chi connectivity index (χ1v) is 15.6. The Morgan fingerprint density at radius 3 is 2.20 bits per heavy atom. The highest BCUT2D eigenvalue weighted by Crippen LogP contribution is 2.27. The minimum Gasteiger partial charge on any atom is -0.352 e. The largest absolute Gasteiger partial charge is 0.352 e. The van der Waals surface area contributed by atoms with E-state index < -0.39 is 28.5 Å². The fraction of sp³-hybridized carbons (Fsp3) is 0.355. The van der Waals surface area contributed by atoms with Crippen LogP contribution in [0.5, 0.6) is 0 Å². The van der Waals surface area contributed by atoms with Crippen LogP contribution in [-0.4, -0.2) is 43.8 Å². The summed E-state index contributed by atoms with van der Waals surface area (Å²) in [4.78, 5) is 29.2. The maximum atomic E-state index is 14.1. The molecule has 4 rings (SSSR count). The Bertz CT molecular complexity index is 1380. The van der Waals surface area contributed by atoms with Gasteiger partial charge in [-0.05, 0) is 55.2 Å². The normalized spacial score (nSPS) is 14.8. The van der Waals surface area contributed by atoms with Crippen LogP contribution in [0, 0.1) is 0 Å². The van der Waals surface area contributed by atoms with E-state index in [1.807, 2.05) is 37.3 Å². The lowest BCUT2D eigenvalue weighted by atomic mass is 9.95. The first kappa shape index (κ1) is 29.6. The molecule has 9 heteroatoms. The van der Waals surface area contributed by atoms with Gasteiger partial charge in [0, 0.05) is 17.6 Å². The van der Waals surface area contributed by atoms with Crippen LogP contribution < -0.4 is 9.62 Å². The second-order valence-corrected chi connectivity index (χ2v) is 12.4. The third-order valence-electron chi connectivity index (χ3n) is 7.24. The van der Waals surface area contributed by atoms with Crippen molar-refractivity contribution in [2.24, 2.45) is 0 Å². The lowest BCUT2D eigenvalue weighted by Crippen LogP contribution is -2.54. The second kappa shape index (κ2) is 13.8. The molecular formula is C31H36ClN3O4S. The monoisotopic (exact) mass is 581 g/mol. The van der Waals surface area contributed by atoms with Gasteiger partial charge in [-0.1, -0.05) is 92.4 Å². The van der Waals surface area contributed by atoms with Gasteiger partial charge in [0.2, 0.25) is 11.8 Å². The molecule has 0 heterocycles. The number of halogens is 1. The van der Waals surface area contributed by atoms with Crippen molar-refractivity contribution in [3.63, 3.8) is 0 Å². The van der Waals surface area contributed by atoms with E-state index in [0.717, 1.165) is 42.0 Å². The zero-order valence-electron chi connectivity index (χ0n) is 22.7. The van der Waals surface area contributed by atoms with Crippen LogP contribution in [0.25, 0.3) is 0 Å². The minimum atomic E-state index is -4.12. The highest BCUT2D eigenvalue weighted by Gasteiger charge is 2.34. The van der Waals surface area contributed by atoms with Crippen LogP contribution in [0.3, 0.4) is 0 Å². The average molecular weight is 582 g/mol. The van der Waals surface area contributed by atoms with Crippen LogP contribution in [0.1, 0.15) is 51.0 Å². The Morgan fingerprint density at radius 2 is 1.57 bits per heavy atom. The smallest absolute Gasteiger partial charge is 0.264 e. The molecule has 0 aromatic heterocycles. The van der Waals surface area contributed by atoms with E-state index in [0.29, 0.717) is 11.4 Å². The van der Waals surface area contributed by atoms with Gasteiger partial charge in [-0.25, -0.2) is 8.42 Å². The lowest BCUT2D eigenvalue weighted by molar-refractivity contribution is -0.140. The zero-order chi connectivity index (χ0) is 28.5. The molecule has 1 N–H and O–H groups in total. The maximum Gasteiger partial charge on any atom is 0.264 e. The van der Waals surface area contributed by atoms with Crippen molar-refractivity contribution in [1.82, 2.24) is 10.2 Å². The van der Waals surface area contributed by atoms with Crippen LogP contribution in [0.2, 0.25) is 5.02 Å². The van der Waals surface area contributed by atoms with Crippen LogP contribution in [-0.2, 0) is 26.2 Å². The SMILES string of the molecule is CC[C@@H](C(=O)NC1CCCCC1)N(Cc1ccccc1)C(=O)CN(c1cccc(Cl)c1)S(=O)(=O)c1ccccc1. The van der Waals surface area contributed by atoms with Crippen molar-refractivity contribution in [3.05, 3.63) is 95.5 Å². The first-order chi connectivity index (χ1) is 19.3. The Morgan fingerprint density at radius 1 is 0.925 bits per heavy atom. The Labute approximate surface area is 242 Å². The van der Waals surface area contributed by atoms with Crippen LogP contribution in [0.4, 0.5) is 5.69 Å². The Kier molecular flexibility index (Phi) is 10.2. The number of rotatable bonds is 11. The topological polar surface area (TPSA) is 86.8 Å².